The highest BCUT2D eigenvalue weighted by Crippen LogP contribution is 2.18. The topological polar surface area (TPSA) is 88.1 Å². The van der Waals surface area contributed by atoms with Crippen LogP contribution >= 0.6 is 15.9 Å². The Bertz CT molecular complexity index is 429. The van der Waals surface area contributed by atoms with E-state index in [4.69, 9.17) is 11.0 Å². The SMILES string of the molecule is N#Cc1cc(Br)cc(NCCOC(N)=O)c1. The van der Waals surface area contributed by atoms with Crippen LogP contribution < -0.4 is 11.1 Å². The van der Waals surface area contributed by atoms with Crippen molar-refractivity contribution >= 4 is 27.7 Å². The van der Waals surface area contributed by atoms with Gasteiger partial charge in [-0.1, -0.05) is 15.9 Å². The summed E-state index contributed by atoms with van der Waals surface area (Å²) in [5, 5.41) is 11.7. The highest BCUT2D eigenvalue weighted by Gasteiger charge is 1.99. The molecule has 6 heteroatoms. The van der Waals surface area contributed by atoms with E-state index in [0.29, 0.717) is 12.1 Å². The number of benzene rings is 1. The lowest BCUT2D eigenvalue weighted by Gasteiger charge is -2.07. The fourth-order valence-electron chi connectivity index (χ4n) is 1.10. The first-order chi connectivity index (χ1) is 7.61. The number of rotatable bonds is 4. The molecule has 5 nitrogen and oxygen atoms in total. The first-order valence-electron chi connectivity index (χ1n) is 4.48. The van der Waals surface area contributed by atoms with Crippen LogP contribution in [0.2, 0.25) is 0 Å². The highest BCUT2D eigenvalue weighted by molar-refractivity contribution is 9.10. The Kier molecular flexibility index (Phi) is 4.61. The molecular weight excluding hydrogens is 274 g/mol. The number of halogens is 1. The third-order valence-corrected chi connectivity index (χ3v) is 2.16. The van der Waals surface area contributed by atoms with Gasteiger partial charge in [0, 0.05) is 16.7 Å². The summed E-state index contributed by atoms with van der Waals surface area (Å²) < 4.78 is 5.36. The quantitative estimate of drug-likeness (QED) is 0.825. The minimum atomic E-state index is -0.797. The van der Waals surface area contributed by atoms with Gasteiger partial charge in [-0.3, -0.25) is 0 Å². The maximum absolute atomic E-state index is 10.3. The maximum Gasteiger partial charge on any atom is 0.404 e. The Hall–Kier alpha value is -1.74. The molecule has 0 unspecified atom stereocenters. The summed E-state index contributed by atoms with van der Waals surface area (Å²) >= 11 is 3.29. The van der Waals surface area contributed by atoms with Crippen molar-refractivity contribution in [3.05, 3.63) is 28.2 Å². The van der Waals surface area contributed by atoms with Crippen molar-refractivity contribution in [1.82, 2.24) is 0 Å². The smallest absolute Gasteiger partial charge is 0.404 e. The Morgan fingerprint density at radius 2 is 2.31 bits per heavy atom. The molecule has 0 aromatic heterocycles. The molecule has 1 aromatic carbocycles. The van der Waals surface area contributed by atoms with E-state index in [1.54, 1.807) is 12.1 Å². The van der Waals surface area contributed by atoms with Gasteiger partial charge in [0.1, 0.15) is 6.61 Å². The van der Waals surface area contributed by atoms with Gasteiger partial charge < -0.3 is 15.8 Å². The minimum absolute atomic E-state index is 0.184. The minimum Gasteiger partial charge on any atom is -0.448 e. The second-order valence-electron chi connectivity index (χ2n) is 2.93. The zero-order valence-electron chi connectivity index (χ0n) is 8.37. The molecule has 0 saturated carbocycles. The van der Waals surface area contributed by atoms with Crippen LogP contribution in [0.15, 0.2) is 22.7 Å². The number of hydrogen-bond donors (Lipinski definition) is 2. The van der Waals surface area contributed by atoms with Gasteiger partial charge in [-0.25, -0.2) is 4.79 Å². The van der Waals surface area contributed by atoms with Crippen LogP contribution in [0.5, 0.6) is 0 Å². The number of carbonyl (C=O) groups excluding carboxylic acids is 1. The summed E-state index contributed by atoms with van der Waals surface area (Å²) in [7, 11) is 0. The van der Waals surface area contributed by atoms with Crippen LogP contribution in [0.3, 0.4) is 0 Å². The molecule has 0 aliphatic rings. The van der Waals surface area contributed by atoms with Crippen molar-refractivity contribution in [2.24, 2.45) is 5.73 Å². The van der Waals surface area contributed by atoms with Gasteiger partial charge in [0.05, 0.1) is 11.6 Å². The lowest BCUT2D eigenvalue weighted by molar-refractivity contribution is 0.161. The molecule has 1 amide bonds. The van der Waals surface area contributed by atoms with Crippen LogP contribution in [0.4, 0.5) is 10.5 Å². The van der Waals surface area contributed by atoms with E-state index in [0.717, 1.165) is 10.2 Å². The van der Waals surface area contributed by atoms with Gasteiger partial charge in [-0.05, 0) is 18.2 Å². The van der Waals surface area contributed by atoms with Gasteiger partial charge in [-0.15, -0.1) is 0 Å². The zero-order chi connectivity index (χ0) is 12.0. The fraction of sp³-hybridized carbons (Fsp3) is 0.200. The normalized spacial score (nSPS) is 9.25. The molecule has 0 aliphatic carbocycles. The molecule has 0 heterocycles. The summed E-state index contributed by atoms with van der Waals surface area (Å²) in [6.45, 7) is 0.619. The molecule has 0 bridgehead atoms. The van der Waals surface area contributed by atoms with E-state index in [-0.39, 0.29) is 6.61 Å². The van der Waals surface area contributed by atoms with Crippen LogP contribution in [0.1, 0.15) is 5.56 Å². The number of carbonyl (C=O) groups is 1. The van der Waals surface area contributed by atoms with Crippen LogP contribution in [0.25, 0.3) is 0 Å². The Morgan fingerprint density at radius 1 is 1.56 bits per heavy atom. The second kappa shape index (κ2) is 5.98. The average Bonchev–Trinajstić information content (AvgIpc) is 2.23. The summed E-state index contributed by atoms with van der Waals surface area (Å²) in [5.74, 6) is 0. The second-order valence-corrected chi connectivity index (χ2v) is 3.85. The molecule has 3 N–H and O–H groups in total. The van der Waals surface area contributed by atoms with Crippen LogP contribution in [-0.2, 0) is 4.74 Å². The third kappa shape index (κ3) is 4.19. The zero-order valence-corrected chi connectivity index (χ0v) is 9.95. The predicted molar refractivity (Wildman–Crippen MR) is 62.9 cm³/mol. The first-order valence-corrected chi connectivity index (χ1v) is 5.28. The molecule has 0 aliphatic heterocycles. The molecule has 0 saturated heterocycles. The van der Waals surface area contributed by atoms with E-state index in [9.17, 15) is 4.79 Å². The summed E-state index contributed by atoms with van der Waals surface area (Å²) in [5.41, 5.74) is 6.13. The van der Waals surface area contributed by atoms with Crippen LogP contribution in [-0.4, -0.2) is 19.2 Å². The number of amides is 1. The molecule has 0 radical (unpaired) electrons. The largest absolute Gasteiger partial charge is 0.448 e. The number of nitriles is 1. The van der Waals surface area contributed by atoms with Crippen molar-refractivity contribution in [3.8, 4) is 6.07 Å². The molecule has 84 valence electrons. The Balaban J connectivity index is 2.51. The number of nitrogens with one attached hydrogen (secondary N) is 1. The summed E-state index contributed by atoms with van der Waals surface area (Å²) in [6.07, 6.45) is -0.797. The summed E-state index contributed by atoms with van der Waals surface area (Å²) in [6, 6.07) is 7.28. The van der Waals surface area contributed by atoms with Crippen molar-refractivity contribution in [3.63, 3.8) is 0 Å². The average molecular weight is 284 g/mol. The number of nitrogens with two attached hydrogens (primary N) is 1. The van der Waals surface area contributed by atoms with E-state index < -0.39 is 6.09 Å². The number of anilines is 1. The standard InChI is InChI=1S/C10H10BrN3O2/c11-8-3-7(6-12)4-9(5-8)14-1-2-16-10(13)15/h3-5,14H,1-2H2,(H2,13,15). The van der Waals surface area contributed by atoms with Crippen molar-refractivity contribution in [2.75, 3.05) is 18.5 Å². The number of ether oxygens (including phenoxy) is 1. The van der Waals surface area contributed by atoms with Crippen molar-refractivity contribution in [1.29, 1.82) is 5.26 Å². The van der Waals surface area contributed by atoms with Crippen LogP contribution in [0, 0.1) is 11.3 Å². The molecule has 0 spiro atoms. The molecule has 0 fully saturated rings. The molecule has 1 rings (SSSR count). The lowest BCUT2D eigenvalue weighted by atomic mass is 10.2. The molecule has 1 aromatic rings. The van der Waals surface area contributed by atoms with Gasteiger partial charge in [0.25, 0.3) is 0 Å². The summed E-state index contributed by atoms with van der Waals surface area (Å²) in [4.78, 5) is 10.3. The highest BCUT2D eigenvalue weighted by atomic mass is 79.9. The van der Waals surface area contributed by atoms with Gasteiger partial charge in [0.15, 0.2) is 0 Å². The van der Waals surface area contributed by atoms with Gasteiger partial charge >= 0.3 is 6.09 Å². The monoisotopic (exact) mass is 283 g/mol. The van der Waals surface area contributed by atoms with E-state index >= 15 is 0 Å². The van der Waals surface area contributed by atoms with Gasteiger partial charge in [-0.2, -0.15) is 5.26 Å². The maximum atomic E-state index is 10.3. The predicted octanol–water partition coefficient (Wildman–Crippen LogP) is 1.83. The third-order valence-electron chi connectivity index (χ3n) is 1.70. The number of hydrogen-bond acceptors (Lipinski definition) is 4. The van der Waals surface area contributed by atoms with E-state index in [1.165, 1.54) is 0 Å². The molecular formula is C10H10BrN3O2. The first kappa shape index (κ1) is 12.3. The lowest BCUT2D eigenvalue weighted by Crippen LogP contribution is -2.18. The number of primary amides is 1. The van der Waals surface area contributed by atoms with E-state index in [2.05, 4.69) is 26.0 Å². The van der Waals surface area contributed by atoms with Gasteiger partial charge in [0.2, 0.25) is 0 Å². The van der Waals surface area contributed by atoms with Crippen molar-refractivity contribution < 1.29 is 9.53 Å². The molecule has 16 heavy (non-hydrogen) atoms. The fourth-order valence-corrected chi connectivity index (χ4v) is 1.60. The van der Waals surface area contributed by atoms with E-state index in [1.807, 2.05) is 12.1 Å². The Morgan fingerprint density at radius 3 is 2.94 bits per heavy atom. The number of nitrogens with zero attached hydrogens (tertiary/aromatic N) is 1. The Labute approximate surface area is 101 Å². The van der Waals surface area contributed by atoms with Crippen molar-refractivity contribution in [2.45, 2.75) is 0 Å². The molecule has 0 atom stereocenters.